The third-order valence-electron chi connectivity index (χ3n) is 6.96. The molecule has 3 heterocycles. The van der Waals surface area contributed by atoms with Crippen molar-refractivity contribution in [2.75, 3.05) is 50.5 Å². The van der Waals surface area contributed by atoms with Crippen LogP contribution in [0.1, 0.15) is 32.6 Å². The molecule has 2 unspecified atom stereocenters. The van der Waals surface area contributed by atoms with E-state index in [1.54, 1.807) is 4.90 Å². The predicted octanol–water partition coefficient (Wildman–Crippen LogP) is 2.15. The third-order valence-corrected chi connectivity index (χ3v) is 8.52. The lowest BCUT2D eigenvalue weighted by Crippen LogP contribution is -2.50. The summed E-state index contributed by atoms with van der Waals surface area (Å²) in [5.74, 6) is 1.10. The van der Waals surface area contributed by atoms with Crippen molar-refractivity contribution in [3.05, 3.63) is 11.3 Å². The van der Waals surface area contributed by atoms with Crippen LogP contribution < -0.4 is 9.64 Å². The van der Waals surface area contributed by atoms with Crippen LogP contribution in [0, 0.1) is 11.3 Å². The Hall–Kier alpha value is -1.85. The summed E-state index contributed by atoms with van der Waals surface area (Å²) in [4.78, 5) is 23.9. The van der Waals surface area contributed by atoms with E-state index in [0.29, 0.717) is 51.0 Å². The number of nitrogens with zero attached hydrogens (tertiary/aromatic N) is 5. The summed E-state index contributed by atoms with van der Waals surface area (Å²) in [5, 5.41) is 9.76. The van der Waals surface area contributed by atoms with E-state index in [-0.39, 0.29) is 22.5 Å². The van der Waals surface area contributed by atoms with Gasteiger partial charge in [0.25, 0.3) is 0 Å². The molecule has 178 valence electrons. The maximum atomic E-state index is 11.7. The fourth-order valence-electron chi connectivity index (χ4n) is 4.67. The molecular formula is C20H30ClN5O5S. The molecule has 2 saturated heterocycles. The Labute approximate surface area is 193 Å². The van der Waals surface area contributed by atoms with E-state index in [4.69, 9.17) is 16.3 Å². The highest BCUT2D eigenvalue weighted by atomic mass is 35.5. The largest absolute Gasteiger partial charge is 0.476 e. The Balaban J connectivity index is 1.33. The molecule has 0 aromatic carbocycles. The minimum Gasteiger partial charge on any atom is -0.476 e. The van der Waals surface area contributed by atoms with Gasteiger partial charge in [-0.3, -0.25) is 0 Å². The topological polar surface area (TPSA) is 116 Å². The van der Waals surface area contributed by atoms with Gasteiger partial charge in [-0.1, -0.05) is 18.5 Å². The zero-order valence-electron chi connectivity index (χ0n) is 18.4. The number of hydrogen-bond donors (Lipinski definition) is 1. The molecule has 12 heteroatoms. The van der Waals surface area contributed by atoms with E-state index in [9.17, 15) is 18.3 Å². The van der Waals surface area contributed by atoms with Crippen LogP contribution in [0.25, 0.3) is 0 Å². The van der Waals surface area contributed by atoms with Crippen molar-refractivity contribution in [2.24, 2.45) is 11.3 Å². The lowest BCUT2D eigenvalue weighted by Gasteiger charge is -2.41. The van der Waals surface area contributed by atoms with Crippen molar-refractivity contribution in [1.82, 2.24) is 19.2 Å². The molecule has 3 aliphatic rings. The van der Waals surface area contributed by atoms with Gasteiger partial charge in [0.15, 0.2) is 11.0 Å². The predicted molar refractivity (Wildman–Crippen MR) is 120 cm³/mol. The minimum absolute atomic E-state index is 0.0324. The number of anilines is 1. The number of rotatable bonds is 6. The molecule has 0 bridgehead atoms. The molecule has 32 heavy (non-hydrogen) atoms. The van der Waals surface area contributed by atoms with Crippen LogP contribution in [0.2, 0.25) is 5.15 Å². The average Bonchev–Trinajstić information content (AvgIpc) is 3.50. The molecule has 1 N–H and O–H groups in total. The Morgan fingerprint density at radius 3 is 2.53 bits per heavy atom. The second-order valence-corrected chi connectivity index (χ2v) is 11.7. The van der Waals surface area contributed by atoms with Gasteiger partial charge in [0.05, 0.1) is 19.1 Å². The van der Waals surface area contributed by atoms with Crippen molar-refractivity contribution >= 4 is 33.5 Å². The quantitative estimate of drug-likeness (QED) is 0.648. The molecule has 1 aliphatic carbocycles. The fraction of sp³-hybridized carbons (Fsp3) is 0.750. The van der Waals surface area contributed by atoms with E-state index < -0.39 is 16.1 Å². The minimum atomic E-state index is -3.20. The van der Waals surface area contributed by atoms with Crippen molar-refractivity contribution in [1.29, 1.82) is 0 Å². The molecule has 4 rings (SSSR count). The number of carboxylic acid groups (broad SMARTS) is 1. The normalized spacial score (nSPS) is 26.1. The van der Waals surface area contributed by atoms with Crippen LogP contribution >= 0.6 is 11.6 Å². The number of piperazine rings is 1. The summed E-state index contributed by atoms with van der Waals surface area (Å²) in [6.45, 7) is 4.87. The summed E-state index contributed by atoms with van der Waals surface area (Å²) in [7, 11) is -3.20. The Kier molecular flexibility index (Phi) is 6.43. The first kappa shape index (κ1) is 23.3. The fourth-order valence-corrected chi connectivity index (χ4v) is 5.75. The summed E-state index contributed by atoms with van der Waals surface area (Å²) < 4.78 is 30.7. The van der Waals surface area contributed by atoms with E-state index in [0.717, 1.165) is 25.7 Å². The van der Waals surface area contributed by atoms with Gasteiger partial charge in [-0.2, -0.15) is 9.29 Å². The molecule has 0 radical (unpaired) electrons. The number of aromatic nitrogens is 2. The number of halogens is 1. The highest BCUT2D eigenvalue weighted by Crippen LogP contribution is 2.53. The number of carbonyl (C=O) groups is 1. The van der Waals surface area contributed by atoms with Gasteiger partial charge >= 0.3 is 6.09 Å². The number of hydrogen-bond acceptors (Lipinski definition) is 7. The van der Waals surface area contributed by atoms with Crippen molar-refractivity contribution < 1.29 is 23.1 Å². The summed E-state index contributed by atoms with van der Waals surface area (Å²) in [6.07, 6.45) is 5.57. The first-order chi connectivity index (χ1) is 15.1. The summed E-state index contributed by atoms with van der Waals surface area (Å²) in [5.41, 5.74) is 0.0863. The molecular weight excluding hydrogens is 458 g/mol. The first-order valence-corrected chi connectivity index (χ1v) is 13.1. The van der Waals surface area contributed by atoms with Gasteiger partial charge in [-0.15, -0.1) is 0 Å². The SMILES string of the molecule is CC1(C2CC(COc3cnc(N4CCN(S(C)(=O)=O)CC4)c(Cl)n3)CCN2C(=O)O)CC1. The van der Waals surface area contributed by atoms with E-state index in [1.165, 1.54) is 16.8 Å². The highest BCUT2D eigenvalue weighted by molar-refractivity contribution is 7.88. The molecule has 10 nitrogen and oxygen atoms in total. The Bertz CT molecular complexity index is 965. The van der Waals surface area contributed by atoms with Crippen LogP contribution in [0.3, 0.4) is 0 Å². The monoisotopic (exact) mass is 487 g/mol. The molecule has 0 spiro atoms. The number of sulfonamides is 1. The standard InChI is InChI=1S/C20H30ClN5O5S/c1-20(4-5-20)15-11-14(3-6-26(15)19(27)28)13-31-16-12-22-18(17(21)23-16)24-7-9-25(10-8-24)32(2,29)30/h12,14-15H,3-11,13H2,1-2H3,(H,27,28). The molecule has 3 fully saturated rings. The number of amides is 1. The van der Waals surface area contributed by atoms with Gasteiger partial charge in [0.1, 0.15) is 0 Å². The number of likely N-dealkylation sites (tertiary alicyclic amines) is 1. The molecule has 1 saturated carbocycles. The first-order valence-electron chi connectivity index (χ1n) is 10.9. The second-order valence-electron chi connectivity index (χ2n) is 9.32. The van der Waals surface area contributed by atoms with E-state index in [2.05, 4.69) is 16.9 Å². The van der Waals surface area contributed by atoms with Gasteiger partial charge in [0.2, 0.25) is 15.9 Å². The molecule has 2 aliphatic heterocycles. The third kappa shape index (κ3) is 5.04. The van der Waals surface area contributed by atoms with Crippen LogP contribution in [0.4, 0.5) is 10.6 Å². The van der Waals surface area contributed by atoms with Gasteiger partial charge < -0.3 is 19.6 Å². The van der Waals surface area contributed by atoms with Crippen molar-refractivity contribution in [3.63, 3.8) is 0 Å². The molecule has 1 aromatic rings. The highest BCUT2D eigenvalue weighted by Gasteiger charge is 2.50. The number of piperidine rings is 1. The van der Waals surface area contributed by atoms with Crippen LogP contribution in [0.5, 0.6) is 5.88 Å². The van der Waals surface area contributed by atoms with Crippen LogP contribution in [-0.4, -0.2) is 90.4 Å². The smallest absolute Gasteiger partial charge is 0.407 e. The zero-order chi connectivity index (χ0) is 23.1. The van der Waals surface area contributed by atoms with Crippen LogP contribution in [0.15, 0.2) is 6.20 Å². The molecule has 2 atom stereocenters. The average molecular weight is 488 g/mol. The Morgan fingerprint density at radius 1 is 1.28 bits per heavy atom. The number of ether oxygens (including phenoxy) is 1. The van der Waals surface area contributed by atoms with Gasteiger partial charge in [-0.25, -0.2) is 18.2 Å². The maximum Gasteiger partial charge on any atom is 0.407 e. The van der Waals surface area contributed by atoms with Crippen LogP contribution in [-0.2, 0) is 10.0 Å². The molecule has 1 amide bonds. The lowest BCUT2D eigenvalue weighted by molar-refractivity contribution is 0.0483. The lowest BCUT2D eigenvalue weighted by atomic mass is 9.83. The molecule has 1 aromatic heterocycles. The van der Waals surface area contributed by atoms with Crippen molar-refractivity contribution in [2.45, 2.75) is 38.6 Å². The van der Waals surface area contributed by atoms with Crippen molar-refractivity contribution in [3.8, 4) is 5.88 Å². The maximum absolute atomic E-state index is 11.7. The summed E-state index contributed by atoms with van der Waals surface area (Å²) in [6, 6.07) is 0.0324. The van der Waals surface area contributed by atoms with Gasteiger partial charge in [0, 0.05) is 38.8 Å². The second kappa shape index (κ2) is 8.83. The summed E-state index contributed by atoms with van der Waals surface area (Å²) >= 11 is 6.36. The van der Waals surface area contributed by atoms with E-state index in [1.807, 2.05) is 4.90 Å². The Morgan fingerprint density at radius 2 is 1.97 bits per heavy atom. The van der Waals surface area contributed by atoms with E-state index >= 15 is 0 Å². The zero-order valence-corrected chi connectivity index (χ0v) is 20.0. The van der Waals surface area contributed by atoms with Gasteiger partial charge in [-0.05, 0) is 37.0 Å².